The maximum Gasteiger partial charge on any atom is 0.186 e. The number of hydrogen-bond acceptors (Lipinski definition) is 5. The van der Waals surface area contributed by atoms with E-state index in [1.807, 2.05) is 0 Å². The summed E-state index contributed by atoms with van der Waals surface area (Å²) in [6.07, 6.45) is -2.96. The van der Waals surface area contributed by atoms with Gasteiger partial charge >= 0.3 is 0 Å². The fourth-order valence-electron chi connectivity index (χ4n) is 3.04. The lowest BCUT2D eigenvalue weighted by atomic mass is 9.97. The molecule has 0 radical (unpaired) electrons. The molecule has 1 aliphatic heterocycles. The molecule has 0 unspecified atom stereocenters. The van der Waals surface area contributed by atoms with Crippen LogP contribution in [-0.2, 0) is 27.4 Å². The highest BCUT2D eigenvalue weighted by Gasteiger charge is 2.53. The standard InChI is InChI=1S/C20H20Cl4O5/c1-20(26)18(28-9-12-3-5-14(22)7-16(12)24)17(29-19(20)25)10-27-8-11-2-4-13(21)6-15(11)23/h2-7,17-19,25-26H,8-10H2,1H3/t17-,18-,19-,20-/m1/s1. The predicted molar refractivity (Wildman–Crippen MR) is 113 cm³/mol. The van der Waals surface area contributed by atoms with Crippen molar-refractivity contribution in [3.05, 3.63) is 67.6 Å². The van der Waals surface area contributed by atoms with Crippen molar-refractivity contribution in [2.24, 2.45) is 0 Å². The first-order valence-electron chi connectivity index (χ1n) is 8.81. The molecule has 0 bridgehead atoms. The van der Waals surface area contributed by atoms with Crippen LogP contribution in [0.4, 0.5) is 0 Å². The van der Waals surface area contributed by atoms with Crippen molar-refractivity contribution >= 4 is 46.4 Å². The zero-order chi connectivity index (χ0) is 21.2. The van der Waals surface area contributed by atoms with Crippen LogP contribution in [0, 0.1) is 0 Å². The van der Waals surface area contributed by atoms with E-state index in [0.717, 1.165) is 5.56 Å². The van der Waals surface area contributed by atoms with Crippen LogP contribution in [0.15, 0.2) is 36.4 Å². The summed E-state index contributed by atoms with van der Waals surface area (Å²) in [7, 11) is 0. The van der Waals surface area contributed by atoms with E-state index in [1.165, 1.54) is 6.92 Å². The third-order valence-corrected chi connectivity index (χ3v) is 5.88. The lowest BCUT2D eigenvalue weighted by Gasteiger charge is -2.28. The van der Waals surface area contributed by atoms with Crippen molar-refractivity contribution in [2.75, 3.05) is 6.61 Å². The molecular weight excluding hydrogens is 462 g/mol. The van der Waals surface area contributed by atoms with Crippen LogP contribution in [-0.4, -0.2) is 40.9 Å². The summed E-state index contributed by atoms with van der Waals surface area (Å²) in [5.74, 6) is 0. The Hall–Kier alpha value is -0.600. The Labute approximate surface area is 189 Å². The van der Waals surface area contributed by atoms with Gasteiger partial charge in [0.2, 0.25) is 0 Å². The third kappa shape index (κ3) is 5.56. The minimum Gasteiger partial charge on any atom is -0.382 e. The largest absolute Gasteiger partial charge is 0.382 e. The molecule has 0 amide bonds. The molecular formula is C20H20Cl4O5. The van der Waals surface area contributed by atoms with Crippen LogP contribution in [0.3, 0.4) is 0 Å². The molecule has 5 nitrogen and oxygen atoms in total. The average Bonchev–Trinajstić information content (AvgIpc) is 2.85. The Balaban J connectivity index is 1.63. The molecule has 29 heavy (non-hydrogen) atoms. The number of aliphatic hydroxyl groups excluding tert-OH is 1. The normalized spacial score (nSPS) is 26.8. The first-order chi connectivity index (χ1) is 13.7. The summed E-state index contributed by atoms with van der Waals surface area (Å²) < 4.78 is 17.0. The smallest absolute Gasteiger partial charge is 0.186 e. The molecule has 3 rings (SSSR count). The fourth-order valence-corrected chi connectivity index (χ4v) is 3.96. The van der Waals surface area contributed by atoms with Gasteiger partial charge in [0.25, 0.3) is 0 Å². The second-order valence-corrected chi connectivity index (χ2v) is 8.66. The van der Waals surface area contributed by atoms with E-state index in [4.69, 9.17) is 60.6 Å². The van der Waals surface area contributed by atoms with Crippen molar-refractivity contribution in [2.45, 2.75) is 44.2 Å². The molecule has 1 saturated heterocycles. The molecule has 0 aliphatic carbocycles. The van der Waals surface area contributed by atoms with Crippen molar-refractivity contribution in [1.29, 1.82) is 0 Å². The highest BCUT2D eigenvalue weighted by Crippen LogP contribution is 2.34. The number of rotatable bonds is 7. The summed E-state index contributed by atoms with van der Waals surface area (Å²) in [5.41, 5.74) is -0.169. The minimum atomic E-state index is -1.62. The fraction of sp³-hybridized carbons (Fsp3) is 0.400. The highest BCUT2D eigenvalue weighted by atomic mass is 35.5. The molecule has 0 spiro atoms. The molecule has 1 aliphatic rings. The Morgan fingerprint density at radius 1 is 0.966 bits per heavy atom. The van der Waals surface area contributed by atoms with Crippen molar-refractivity contribution in [3.63, 3.8) is 0 Å². The first-order valence-corrected chi connectivity index (χ1v) is 10.3. The quantitative estimate of drug-likeness (QED) is 0.590. The van der Waals surface area contributed by atoms with Crippen LogP contribution >= 0.6 is 46.4 Å². The van der Waals surface area contributed by atoms with Crippen LogP contribution in [0.2, 0.25) is 20.1 Å². The van der Waals surface area contributed by atoms with Crippen molar-refractivity contribution < 1.29 is 24.4 Å². The van der Waals surface area contributed by atoms with Gasteiger partial charge in [0.1, 0.15) is 17.8 Å². The minimum absolute atomic E-state index is 0.0746. The van der Waals surface area contributed by atoms with Crippen LogP contribution in [0.5, 0.6) is 0 Å². The number of halogens is 4. The number of hydrogen-bond donors (Lipinski definition) is 2. The maximum absolute atomic E-state index is 10.6. The van der Waals surface area contributed by atoms with E-state index >= 15 is 0 Å². The Kier molecular flexibility index (Phi) is 7.71. The molecule has 2 aromatic rings. The lowest BCUT2D eigenvalue weighted by Crippen LogP contribution is -2.47. The van der Waals surface area contributed by atoms with E-state index in [9.17, 15) is 10.2 Å². The topological polar surface area (TPSA) is 68.2 Å². The Bertz CT molecular complexity index is 861. The number of benzene rings is 2. The summed E-state index contributed by atoms with van der Waals surface area (Å²) in [6, 6.07) is 10.1. The van der Waals surface area contributed by atoms with Gasteiger partial charge in [-0.15, -0.1) is 0 Å². The van der Waals surface area contributed by atoms with Gasteiger partial charge in [-0.3, -0.25) is 0 Å². The molecule has 2 N–H and O–H groups in total. The molecule has 9 heteroatoms. The van der Waals surface area contributed by atoms with Gasteiger partial charge in [0.15, 0.2) is 6.29 Å². The van der Waals surface area contributed by atoms with Gasteiger partial charge in [0, 0.05) is 20.1 Å². The molecule has 158 valence electrons. The first kappa shape index (κ1) is 23.1. The molecule has 1 heterocycles. The second kappa shape index (κ2) is 9.69. The molecule has 0 saturated carbocycles. The van der Waals surface area contributed by atoms with E-state index in [0.29, 0.717) is 25.7 Å². The monoisotopic (exact) mass is 480 g/mol. The third-order valence-electron chi connectivity index (χ3n) is 4.71. The van der Waals surface area contributed by atoms with Crippen LogP contribution < -0.4 is 0 Å². The number of aliphatic hydroxyl groups is 2. The van der Waals surface area contributed by atoms with E-state index in [-0.39, 0.29) is 19.8 Å². The van der Waals surface area contributed by atoms with E-state index in [1.54, 1.807) is 36.4 Å². The summed E-state index contributed by atoms with van der Waals surface area (Å²) in [5, 5.41) is 22.7. The van der Waals surface area contributed by atoms with Gasteiger partial charge in [0.05, 0.1) is 19.8 Å². The van der Waals surface area contributed by atoms with Crippen LogP contribution in [0.1, 0.15) is 18.1 Å². The van der Waals surface area contributed by atoms with E-state index in [2.05, 4.69) is 0 Å². The van der Waals surface area contributed by atoms with Crippen LogP contribution in [0.25, 0.3) is 0 Å². The van der Waals surface area contributed by atoms with Gasteiger partial charge in [-0.05, 0) is 42.3 Å². The average molecular weight is 482 g/mol. The molecule has 1 fully saturated rings. The van der Waals surface area contributed by atoms with Gasteiger partial charge in [-0.1, -0.05) is 58.5 Å². The van der Waals surface area contributed by atoms with Gasteiger partial charge in [-0.2, -0.15) is 0 Å². The van der Waals surface area contributed by atoms with E-state index < -0.39 is 24.1 Å². The van der Waals surface area contributed by atoms with Crippen molar-refractivity contribution in [1.82, 2.24) is 0 Å². The predicted octanol–water partition coefficient (Wildman–Crippen LogP) is 4.87. The maximum atomic E-state index is 10.6. The SMILES string of the molecule is C[C@]1(O)[C@H](O)O[C@H](COCc2ccc(Cl)cc2Cl)[C@H]1OCc1ccc(Cl)cc1Cl. The highest BCUT2D eigenvalue weighted by molar-refractivity contribution is 6.35. The Morgan fingerprint density at radius 2 is 1.52 bits per heavy atom. The lowest BCUT2D eigenvalue weighted by molar-refractivity contribution is -0.174. The zero-order valence-electron chi connectivity index (χ0n) is 15.4. The number of ether oxygens (including phenoxy) is 3. The Morgan fingerprint density at radius 3 is 2.07 bits per heavy atom. The summed E-state index contributed by atoms with van der Waals surface area (Å²) in [4.78, 5) is 0. The van der Waals surface area contributed by atoms with Gasteiger partial charge < -0.3 is 24.4 Å². The molecule has 2 aromatic carbocycles. The van der Waals surface area contributed by atoms with Gasteiger partial charge in [-0.25, -0.2) is 0 Å². The summed E-state index contributed by atoms with van der Waals surface area (Å²) >= 11 is 24.1. The second-order valence-electron chi connectivity index (χ2n) is 6.97. The molecule has 0 aromatic heterocycles. The van der Waals surface area contributed by atoms with Crippen molar-refractivity contribution in [3.8, 4) is 0 Å². The summed E-state index contributed by atoms with van der Waals surface area (Å²) in [6.45, 7) is 1.84. The molecule has 4 atom stereocenters. The zero-order valence-corrected chi connectivity index (χ0v) is 18.5.